The molecule has 6 rings (SSSR count). The lowest BCUT2D eigenvalue weighted by Gasteiger charge is -2.10. The third-order valence-corrected chi connectivity index (χ3v) is 8.85. The van der Waals surface area contributed by atoms with Crippen LogP contribution in [0.25, 0.3) is 22.3 Å². The van der Waals surface area contributed by atoms with Gasteiger partial charge in [0.2, 0.25) is 18.2 Å². The fourth-order valence-electron chi connectivity index (χ4n) is 5.99. The van der Waals surface area contributed by atoms with Crippen LogP contribution in [0.5, 0.6) is 0 Å². The highest BCUT2D eigenvalue weighted by molar-refractivity contribution is 5.75. The smallest absolute Gasteiger partial charge is 0.211 e. The molecule has 0 amide bonds. The molecular formula is C50H40N6O3. The van der Waals surface area contributed by atoms with E-state index in [1.807, 2.05) is 131 Å². The quantitative estimate of drug-likeness (QED) is 0.102. The van der Waals surface area contributed by atoms with Crippen molar-refractivity contribution in [2.45, 2.75) is 34.1 Å². The van der Waals surface area contributed by atoms with Crippen molar-refractivity contribution >= 4 is 70.0 Å². The molecule has 0 unspecified atom stereocenters. The summed E-state index contributed by atoms with van der Waals surface area (Å²) in [4.78, 5) is 53.7. The fourth-order valence-corrected chi connectivity index (χ4v) is 5.99. The zero-order valence-corrected chi connectivity index (χ0v) is 33.3. The second-order valence-corrected chi connectivity index (χ2v) is 12.9. The molecule has 0 N–H and O–H groups in total. The Morgan fingerprint density at radius 3 is 1.17 bits per heavy atom. The molecule has 0 aromatic heterocycles. The van der Waals surface area contributed by atoms with Crippen molar-refractivity contribution in [1.82, 2.24) is 0 Å². The van der Waals surface area contributed by atoms with Crippen molar-refractivity contribution in [3.8, 4) is 22.3 Å². The molecule has 0 radical (unpaired) electrons. The van der Waals surface area contributed by atoms with Gasteiger partial charge in [0.15, 0.2) is 0 Å². The lowest BCUT2D eigenvalue weighted by Crippen LogP contribution is -1.86. The standard InChI is InChI=1S/2C17H14N2O.C16H12N2O/c1-4-18-14-5-7-16(12(2)9-14)17-8-6-15(19-11-20)10-13(17)3;1-4-18-16-7-5-14(9-12(16)2)15-6-8-17(19-11-20)13(3)10-15;1-2-17-15-7-3-13(4-8-15)11-14-5-9-16(10-6-14)18-12-19/h2*5-10H,1H2,2-3H3;3-10H,1,11H2. The molecule has 0 fully saturated rings. The summed E-state index contributed by atoms with van der Waals surface area (Å²) in [5, 5.41) is 0. The molecule has 9 heteroatoms. The number of aliphatic imine (C=N–C) groups is 6. The Labute approximate surface area is 344 Å². The monoisotopic (exact) mass is 772 g/mol. The number of hydrogen-bond acceptors (Lipinski definition) is 9. The average molecular weight is 773 g/mol. The second kappa shape index (κ2) is 22.4. The van der Waals surface area contributed by atoms with Crippen LogP contribution in [0.4, 0.5) is 34.1 Å². The zero-order valence-electron chi connectivity index (χ0n) is 33.3. The molecule has 0 aliphatic heterocycles. The van der Waals surface area contributed by atoms with E-state index >= 15 is 0 Å². The largest absolute Gasteiger partial charge is 0.240 e. The fraction of sp³-hybridized carbons (Fsp3) is 0.100. The van der Waals surface area contributed by atoms with E-state index in [-0.39, 0.29) is 0 Å². The second-order valence-electron chi connectivity index (χ2n) is 12.9. The van der Waals surface area contributed by atoms with Gasteiger partial charge in [0.05, 0.1) is 34.1 Å². The first-order valence-corrected chi connectivity index (χ1v) is 18.2. The first kappa shape index (κ1) is 43.5. The molecule has 288 valence electrons. The summed E-state index contributed by atoms with van der Waals surface area (Å²) < 4.78 is 0. The van der Waals surface area contributed by atoms with Gasteiger partial charge in [-0.1, -0.05) is 48.5 Å². The number of carbonyl (C=O) groups excluding carboxylic acids is 3. The van der Waals surface area contributed by atoms with E-state index in [1.165, 1.54) is 11.6 Å². The number of isocyanates is 3. The summed E-state index contributed by atoms with van der Waals surface area (Å²) in [6.45, 7) is 18.3. The first-order chi connectivity index (χ1) is 28.6. The number of nitrogens with zero attached hydrogens (tertiary/aromatic N) is 6. The van der Waals surface area contributed by atoms with E-state index in [0.29, 0.717) is 17.1 Å². The van der Waals surface area contributed by atoms with Crippen LogP contribution < -0.4 is 0 Å². The first-order valence-electron chi connectivity index (χ1n) is 18.2. The summed E-state index contributed by atoms with van der Waals surface area (Å²) in [5.74, 6) is 7.57. The minimum absolute atomic E-state index is 0.617. The third-order valence-electron chi connectivity index (χ3n) is 8.85. The van der Waals surface area contributed by atoms with Crippen LogP contribution in [0.1, 0.15) is 33.4 Å². The van der Waals surface area contributed by atoms with Crippen LogP contribution in [-0.4, -0.2) is 35.8 Å². The molecule has 6 aromatic carbocycles. The van der Waals surface area contributed by atoms with Crippen LogP contribution in [0.15, 0.2) is 171 Å². The average Bonchev–Trinajstić information content (AvgIpc) is 3.22. The van der Waals surface area contributed by atoms with Crippen molar-refractivity contribution in [3.63, 3.8) is 0 Å². The van der Waals surface area contributed by atoms with E-state index < -0.39 is 0 Å². The molecule has 0 bridgehead atoms. The number of hydrogen-bond donors (Lipinski definition) is 0. The van der Waals surface area contributed by atoms with Crippen LogP contribution in [0.3, 0.4) is 0 Å². The van der Waals surface area contributed by atoms with Gasteiger partial charge in [-0.3, -0.25) is 0 Å². The number of benzene rings is 6. The Bertz CT molecular complexity index is 2560. The van der Waals surface area contributed by atoms with Crippen LogP contribution in [0.2, 0.25) is 0 Å². The minimum atomic E-state index is 0.617. The summed E-state index contributed by atoms with van der Waals surface area (Å²) in [7, 11) is 0. The van der Waals surface area contributed by atoms with Crippen molar-refractivity contribution in [2.75, 3.05) is 0 Å². The van der Waals surface area contributed by atoms with Gasteiger partial charge in [0.1, 0.15) is 0 Å². The van der Waals surface area contributed by atoms with Gasteiger partial charge < -0.3 is 0 Å². The van der Waals surface area contributed by atoms with Crippen molar-refractivity contribution in [3.05, 3.63) is 174 Å². The predicted octanol–water partition coefficient (Wildman–Crippen LogP) is 12.6. The van der Waals surface area contributed by atoms with Gasteiger partial charge in [-0.2, -0.15) is 15.0 Å². The van der Waals surface area contributed by atoms with Gasteiger partial charge >= 0.3 is 0 Å². The summed E-state index contributed by atoms with van der Waals surface area (Å²) in [5.41, 5.74) is 15.4. The van der Waals surface area contributed by atoms with Gasteiger partial charge in [-0.25, -0.2) is 29.4 Å². The minimum Gasteiger partial charge on any atom is -0.211 e. The maximum Gasteiger partial charge on any atom is 0.240 e. The molecule has 0 aliphatic rings. The van der Waals surface area contributed by atoms with Gasteiger partial charge in [-0.05, 0) is 200 Å². The van der Waals surface area contributed by atoms with Crippen molar-refractivity contribution < 1.29 is 14.4 Å². The Balaban J connectivity index is 0.000000196. The Kier molecular flexibility index (Phi) is 16.5. The van der Waals surface area contributed by atoms with Gasteiger partial charge in [0.25, 0.3) is 0 Å². The molecule has 0 atom stereocenters. The van der Waals surface area contributed by atoms with Crippen molar-refractivity contribution in [1.29, 1.82) is 0 Å². The van der Waals surface area contributed by atoms with Crippen LogP contribution in [-0.2, 0) is 20.8 Å². The van der Waals surface area contributed by atoms with Crippen LogP contribution in [0, 0.1) is 27.7 Å². The number of aryl methyl sites for hydroxylation is 4. The molecule has 0 heterocycles. The van der Waals surface area contributed by atoms with E-state index in [1.54, 1.807) is 24.3 Å². The molecule has 0 saturated heterocycles. The maximum atomic E-state index is 10.3. The topological polar surface area (TPSA) is 125 Å². The Morgan fingerprint density at radius 2 is 0.763 bits per heavy atom. The van der Waals surface area contributed by atoms with E-state index in [9.17, 15) is 14.4 Å². The molecule has 0 spiro atoms. The highest BCUT2D eigenvalue weighted by Gasteiger charge is 2.07. The van der Waals surface area contributed by atoms with E-state index in [0.717, 1.165) is 73.6 Å². The maximum absolute atomic E-state index is 10.3. The molecule has 6 aromatic rings. The summed E-state index contributed by atoms with van der Waals surface area (Å²) >= 11 is 0. The number of rotatable bonds is 10. The summed E-state index contributed by atoms with van der Waals surface area (Å²) in [6.07, 6.45) is 5.46. The molecule has 0 saturated carbocycles. The highest BCUT2D eigenvalue weighted by Crippen LogP contribution is 2.32. The SMILES string of the molecule is C=C=Nc1ccc(-c2ccc(N=C=O)c(C)c2)cc1C.C=C=Nc1ccc(-c2ccc(N=C=O)cc2C)c(C)c1.C=C=Nc1ccc(Cc2ccc(N=C=O)cc2)cc1. The van der Waals surface area contributed by atoms with Crippen LogP contribution >= 0.6 is 0 Å². The lowest BCUT2D eigenvalue weighted by molar-refractivity contribution is 0.564. The van der Waals surface area contributed by atoms with E-state index in [2.05, 4.69) is 73.4 Å². The van der Waals surface area contributed by atoms with Crippen molar-refractivity contribution in [2.24, 2.45) is 30.0 Å². The molecule has 0 aliphatic carbocycles. The summed E-state index contributed by atoms with van der Waals surface area (Å²) in [6, 6.07) is 38.8. The van der Waals surface area contributed by atoms with E-state index in [4.69, 9.17) is 0 Å². The molecule has 9 nitrogen and oxygen atoms in total. The lowest BCUT2D eigenvalue weighted by atomic mass is 9.96. The third kappa shape index (κ3) is 12.9. The molecular weight excluding hydrogens is 733 g/mol. The zero-order chi connectivity index (χ0) is 42.6. The van der Waals surface area contributed by atoms with Gasteiger partial charge in [-0.15, -0.1) is 0 Å². The highest BCUT2D eigenvalue weighted by atomic mass is 16.1. The molecule has 59 heavy (non-hydrogen) atoms. The Hall–Kier alpha value is -8.19. The normalized spacial score (nSPS) is 9.42. The Morgan fingerprint density at radius 1 is 0.390 bits per heavy atom. The predicted molar refractivity (Wildman–Crippen MR) is 240 cm³/mol. The van der Waals surface area contributed by atoms with Gasteiger partial charge in [0, 0.05) is 0 Å².